The highest BCUT2D eigenvalue weighted by Gasteiger charge is 2.13. The summed E-state index contributed by atoms with van der Waals surface area (Å²) < 4.78 is 20.3. The Morgan fingerprint density at radius 2 is 2.12 bits per heavy atom. The van der Waals surface area contributed by atoms with E-state index in [9.17, 15) is 9.18 Å². The van der Waals surface area contributed by atoms with E-state index in [1.165, 1.54) is 18.3 Å². The standard InChI is InChI=1S/C11H10FN3OS/c1-7(8-2-4-9(12)5-3-8)14-11(16)10-6-13-17-15-10/h2-7H,1H3,(H,14,16)/t7-/m1/s1. The number of nitrogens with zero attached hydrogens (tertiary/aromatic N) is 2. The number of hydrogen-bond donors (Lipinski definition) is 1. The van der Waals surface area contributed by atoms with E-state index in [-0.39, 0.29) is 17.8 Å². The van der Waals surface area contributed by atoms with Gasteiger partial charge in [-0.2, -0.15) is 8.75 Å². The maximum absolute atomic E-state index is 12.7. The molecule has 1 aromatic heterocycles. The Kier molecular flexibility index (Phi) is 3.43. The van der Waals surface area contributed by atoms with Crippen molar-refractivity contribution in [2.75, 3.05) is 0 Å². The topological polar surface area (TPSA) is 54.9 Å². The van der Waals surface area contributed by atoms with Gasteiger partial charge in [-0.05, 0) is 24.6 Å². The quantitative estimate of drug-likeness (QED) is 0.909. The number of hydrogen-bond acceptors (Lipinski definition) is 4. The molecule has 2 aromatic rings. The molecule has 1 amide bonds. The van der Waals surface area contributed by atoms with Gasteiger partial charge in [0.05, 0.1) is 24.0 Å². The molecule has 0 saturated carbocycles. The van der Waals surface area contributed by atoms with Crippen LogP contribution in [0.2, 0.25) is 0 Å². The highest BCUT2D eigenvalue weighted by Crippen LogP contribution is 2.13. The van der Waals surface area contributed by atoms with Crippen molar-refractivity contribution in [2.24, 2.45) is 0 Å². The first kappa shape index (κ1) is 11.7. The number of aromatic nitrogens is 2. The van der Waals surface area contributed by atoms with Gasteiger partial charge in [0, 0.05) is 0 Å². The molecular weight excluding hydrogens is 241 g/mol. The maximum atomic E-state index is 12.7. The average Bonchev–Trinajstić information content (AvgIpc) is 2.83. The fourth-order valence-electron chi connectivity index (χ4n) is 1.37. The number of nitrogens with one attached hydrogen (secondary N) is 1. The van der Waals surface area contributed by atoms with Crippen molar-refractivity contribution in [2.45, 2.75) is 13.0 Å². The number of carbonyl (C=O) groups is 1. The predicted octanol–water partition coefficient (Wildman–Crippen LogP) is 2.17. The average molecular weight is 251 g/mol. The number of carbonyl (C=O) groups excluding carboxylic acids is 1. The first-order valence-electron chi connectivity index (χ1n) is 5.00. The van der Waals surface area contributed by atoms with Crippen molar-refractivity contribution in [1.29, 1.82) is 0 Å². The van der Waals surface area contributed by atoms with E-state index in [2.05, 4.69) is 14.1 Å². The van der Waals surface area contributed by atoms with Crippen LogP contribution >= 0.6 is 11.7 Å². The molecule has 0 aliphatic heterocycles. The molecule has 0 fully saturated rings. The largest absolute Gasteiger partial charge is 0.344 e. The van der Waals surface area contributed by atoms with Gasteiger partial charge in [-0.25, -0.2) is 4.39 Å². The van der Waals surface area contributed by atoms with Crippen LogP contribution in [-0.4, -0.2) is 14.7 Å². The third kappa shape index (κ3) is 2.85. The van der Waals surface area contributed by atoms with Crippen LogP contribution < -0.4 is 5.32 Å². The van der Waals surface area contributed by atoms with E-state index in [4.69, 9.17) is 0 Å². The lowest BCUT2D eigenvalue weighted by molar-refractivity contribution is 0.0936. The summed E-state index contributed by atoms with van der Waals surface area (Å²) in [6, 6.07) is 5.80. The Morgan fingerprint density at radius 3 is 2.71 bits per heavy atom. The molecule has 1 N–H and O–H groups in total. The van der Waals surface area contributed by atoms with Crippen molar-refractivity contribution in [3.63, 3.8) is 0 Å². The van der Waals surface area contributed by atoms with Crippen LogP contribution in [0.25, 0.3) is 0 Å². The molecule has 1 atom stereocenters. The molecule has 0 aliphatic carbocycles. The highest BCUT2D eigenvalue weighted by molar-refractivity contribution is 6.99. The molecule has 0 bridgehead atoms. The lowest BCUT2D eigenvalue weighted by atomic mass is 10.1. The Bertz CT molecular complexity index is 498. The summed E-state index contributed by atoms with van der Waals surface area (Å²) in [6.07, 6.45) is 1.41. The second kappa shape index (κ2) is 5.01. The summed E-state index contributed by atoms with van der Waals surface area (Å²) >= 11 is 0.982. The second-order valence-corrected chi connectivity index (χ2v) is 4.10. The number of rotatable bonds is 3. The van der Waals surface area contributed by atoms with Gasteiger partial charge in [0.15, 0.2) is 5.69 Å². The van der Waals surface area contributed by atoms with Crippen LogP contribution in [0, 0.1) is 5.82 Å². The van der Waals surface area contributed by atoms with E-state index >= 15 is 0 Å². The van der Waals surface area contributed by atoms with Crippen LogP contribution in [0.3, 0.4) is 0 Å². The Morgan fingerprint density at radius 1 is 1.41 bits per heavy atom. The van der Waals surface area contributed by atoms with Gasteiger partial charge in [0.2, 0.25) is 0 Å². The normalized spacial score (nSPS) is 12.1. The van der Waals surface area contributed by atoms with Gasteiger partial charge in [0.1, 0.15) is 5.82 Å². The molecule has 0 unspecified atom stereocenters. The molecule has 1 heterocycles. The maximum Gasteiger partial charge on any atom is 0.273 e. The molecule has 6 heteroatoms. The number of amides is 1. The molecule has 0 radical (unpaired) electrons. The molecule has 0 spiro atoms. The van der Waals surface area contributed by atoms with Crippen LogP contribution in [0.5, 0.6) is 0 Å². The van der Waals surface area contributed by atoms with E-state index < -0.39 is 0 Å². The highest BCUT2D eigenvalue weighted by atomic mass is 32.1. The smallest absolute Gasteiger partial charge is 0.273 e. The second-order valence-electron chi connectivity index (χ2n) is 3.54. The summed E-state index contributed by atoms with van der Waals surface area (Å²) in [5.74, 6) is -0.577. The summed E-state index contributed by atoms with van der Waals surface area (Å²) in [6.45, 7) is 1.82. The van der Waals surface area contributed by atoms with Crippen LogP contribution in [0.15, 0.2) is 30.5 Å². The zero-order valence-corrected chi connectivity index (χ0v) is 9.87. The molecule has 17 heavy (non-hydrogen) atoms. The van der Waals surface area contributed by atoms with Gasteiger partial charge >= 0.3 is 0 Å². The molecule has 1 aromatic carbocycles. The minimum absolute atomic E-state index is 0.204. The third-order valence-electron chi connectivity index (χ3n) is 2.31. The van der Waals surface area contributed by atoms with Crippen molar-refractivity contribution < 1.29 is 9.18 Å². The van der Waals surface area contributed by atoms with E-state index in [1.54, 1.807) is 12.1 Å². The van der Waals surface area contributed by atoms with Crippen molar-refractivity contribution in [1.82, 2.24) is 14.1 Å². The molecule has 2 rings (SSSR count). The molecule has 4 nitrogen and oxygen atoms in total. The Balaban J connectivity index is 2.04. The predicted molar refractivity (Wildman–Crippen MR) is 62.2 cm³/mol. The first-order valence-corrected chi connectivity index (χ1v) is 5.74. The zero-order chi connectivity index (χ0) is 12.3. The molecule has 88 valence electrons. The Labute approximate surface area is 102 Å². The van der Waals surface area contributed by atoms with Crippen molar-refractivity contribution in [3.8, 4) is 0 Å². The zero-order valence-electron chi connectivity index (χ0n) is 9.05. The first-order chi connectivity index (χ1) is 8.16. The van der Waals surface area contributed by atoms with E-state index in [0.717, 1.165) is 17.3 Å². The Hall–Kier alpha value is -1.82. The van der Waals surface area contributed by atoms with Gasteiger partial charge in [-0.15, -0.1) is 0 Å². The van der Waals surface area contributed by atoms with Gasteiger partial charge in [-0.3, -0.25) is 4.79 Å². The van der Waals surface area contributed by atoms with Gasteiger partial charge < -0.3 is 5.32 Å². The van der Waals surface area contributed by atoms with Crippen LogP contribution in [0.1, 0.15) is 29.0 Å². The van der Waals surface area contributed by atoms with Crippen LogP contribution in [-0.2, 0) is 0 Å². The number of benzene rings is 1. The van der Waals surface area contributed by atoms with E-state index in [1.807, 2.05) is 6.92 Å². The summed E-state index contributed by atoms with van der Waals surface area (Å²) in [5.41, 5.74) is 1.13. The van der Waals surface area contributed by atoms with Crippen LogP contribution in [0.4, 0.5) is 4.39 Å². The molecular formula is C11H10FN3OS. The lowest BCUT2D eigenvalue weighted by Crippen LogP contribution is -2.26. The van der Waals surface area contributed by atoms with Gasteiger partial charge in [0.25, 0.3) is 5.91 Å². The minimum Gasteiger partial charge on any atom is -0.344 e. The monoisotopic (exact) mass is 251 g/mol. The molecule has 0 saturated heterocycles. The fourth-order valence-corrected chi connectivity index (χ4v) is 1.78. The third-order valence-corrected chi connectivity index (χ3v) is 2.79. The summed E-state index contributed by atoms with van der Waals surface area (Å²) in [4.78, 5) is 11.7. The van der Waals surface area contributed by atoms with Crippen molar-refractivity contribution in [3.05, 3.63) is 47.5 Å². The lowest BCUT2D eigenvalue weighted by Gasteiger charge is -2.13. The molecule has 0 aliphatic rings. The number of halogens is 1. The summed E-state index contributed by atoms with van der Waals surface area (Å²) in [5, 5.41) is 2.76. The van der Waals surface area contributed by atoms with E-state index in [0.29, 0.717) is 5.69 Å². The van der Waals surface area contributed by atoms with Crippen molar-refractivity contribution >= 4 is 17.6 Å². The summed E-state index contributed by atoms with van der Waals surface area (Å²) in [7, 11) is 0. The SMILES string of the molecule is C[C@@H](NC(=O)c1cnsn1)c1ccc(F)cc1. The van der Waals surface area contributed by atoms with Gasteiger partial charge in [-0.1, -0.05) is 12.1 Å². The fraction of sp³-hybridized carbons (Fsp3) is 0.182. The minimum atomic E-state index is -0.295.